The second-order valence-corrected chi connectivity index (χ2v) is 5.01. The number of halogens is 2. The molecule has 0 atom stereocenters. The van der Waals surface area contributed by atoms with Gasteiger partial charge in [-0.15, -0.1) is 0 Å². The minimum Gasteiger partial charge on any atom is -0.495 e. The zero-order valence-corrected chi connectivity index (χ0v) is 12.6. The molecule has 0 aliphatic heterocycles. The van der Waals surface area contributed by atoms with Gasteiger partial charge in [-0.25, -0.2) is 4.79 Å². The van der Waals surface area contributed by atoms with Crippen LogP contribution >= 0.6 is 23.2 Å². The molecule has 0 saturated heterocycles. The van der Waals surface area contributed by atoms with E-state index in [1.165, 1.54) is 7.11 Å². The molecule has 0 aliphatic carbocycles. The predicted octanol–water partition coefficient (Wildman–Crippen LogP) is 4.23. The summed E-state index contributed by atoms with van der Waals surface area (Å²) >= 11 is 11.8. The molecule has 2 aromatic rings. The van der Waals surface area contributed by atoms with Crippen LogP contribution in [-0.2, 0) is 0 Å². The van der Waals surface area contributed by atoms with E-state index in [0.717, 1.165) is 0 Å². The van der Waals surface area contributed by atoms with Crippen molar-refractivity contribution in [2.75, 3.05) is 23.5 Å². The molecule has 0 radical (unpaired) electrons. The molecule has 0 bridgehead atoms. The average molecular weight is 326 g/mol. The number of benzene rings is 2. The van der Waals surface area contributed by atoms with Gasteiger partial charge in [0.05, 0.1) is 23.5 Å². The third-order valence-corrected chi connectivity index (χ3v) is 3.21. The molecule has 0 heterocycles. The second kappa shape index (κ2) is 6.56. The van der Waals surface area contributed by atoms with Crippen LogP contribution < -0.4 is 21.1 Å². The number of urea groups is 1. The fourth-order valence-electron chi connectivity index (χ4n) is 1.69. The molecule has 2 rings (SSSR count). The summed E-state index contributed by atoms with van der Waals surface area (Å²) in [4.78, 5) is 12.0. The summed E-state index contributed by atoms with van der Waals surface area (Å²) in [5.41, 5.74) is 7.05. The molecule has 4 N–H and O–H groups in total. The quantitative estimate of drug-likeness (QED) is 0.739. The minimum absolute atomic E-state index is 0.383. The third-order valence-electron chi connectivity index (χ3n) is 2.65. The lowest BCUT2D eigenvalue weighted by Gasteiger charge is -2.12. The maximum atomic E-state index is 12.0. The lowest BCUT2D eigenvalue weighted by atomic mass is 10.2. The number of ether oxygens (including phenoxy) is 1. The maximum Gasteiger partial charge on any atom is 0.323 e. The maximum absolute atomic E-state index is 12.0. The van der Waals surface area contributed by atoms with Crippen LogP contribution in [0.2, 0.25) is 10.0 Å². The van der Waals surface area contributed by atoms with Gasteiger partial charge in [-0.05, 0) is 36.4 Å². The summed E-state index contributed by atoms with van der Waals surface area (Å²) in [7, 11) is 1.50. The molecule has 7 heteroatoms. The van der Waals surface area contributed by atoms with Crippen LogP contribution in [0.5, 0.6) is 5.75 Å². The first-order chi connectivity index (χ1) is 9.99. The van der Waals surface area contributed by atoms with Crippen molar-refractivity contribution in [3.63, 3.8) is 0 Å². The van der Waals surface area contributed by atoms with Crippen LogP contribution in [0, 0.1) is 0 Å². The Morgan fingerprint density at radius 2 is 1.81 bits per heavy atom. The Labute approximate surface area is 132 Å². The van der Waals surface area contributed by atoms with Crippen LogP contribution in [0.4, 0.5) is 21.9 Å². The van der Waals surface area contributed by atoms with E-state index in [2.05, 4.69) is 10.6 Å². The number of nitrogens with one attached hydrogen (secondary N) is 2. The zero-order valence-electron chi connectivity index (χ0n) is 11.1. The summed E-state index contributed by atoms with van der Waals surface area (Å²) in [5, 5.41) is 6.10. The van der Waals surface area contributed by atoms with Crippen LogP contribution in [0.25, 0.3) is 0 Å². The molecular weight excluding hydrogens is 313 g/mol. The first-order valence-corrected chi connectivity index (χ1v) is 6.72. The lowest BCUT2D eigenvalue weighted by Crippen LogP contribution is -2.20. The number of amides is 2. The summed E-state index contributed by atoms with van der Waals surface area (Å²) in [5.74, 6) is 0.497. The number of carbonyl (C=O) groups excluding carboxylic acids is 1. The van der Waals surface area contributed by atoms with E-state index in [0.29, 0.717) is 32.9 Å². The Kier molecular flexibility index (Phi) is 4.77. The lowest BCUT2D eigenvalue weighted by molar-refractivity contribution is 0.262. The summed E-state index contributed by atoms with van der Waals surface area (Å²) in [6.07, 6.45) is 0. The van der Waals surface area contributed by atoms with Gasteiger partial charge in [0, 0.05) is 10.7 Å². The number of methoxy groups -OCH3 is 1. The fourth-order valence-corrected chi connectivity index (χ4v) is 2.03. The number of hydrogen-bond acceptors (Lipinski definition) is 3. The molecule has 21 heavy (non-hydrogen) atoms. The average Bonchev–Trinajstić information content (AvgIpc) is 2.43. The minimum atomic E-state index is -0.483. The van der Waals surface area contributed by atoms with Crippen molar-refractivity contribution in [1.82, 2.24) is 0 Å². The highest BCUT2D eigenvalue weighted by molar-refractivity contribution is 6.35. The van der Waals surface area contributed by atoms with E-state index >= 15 is 0 Å². The van der Waals surface area contributed by atoms with Gasteiger partial charge in [0.25, 0.3) is 0 Å². The second-order valence-electron chi connectivity index (χ2n) is 4.16. The molecule has 5 nitrogen and oxygen atoms in total. The summed E-state index contributed by atoms with van der Waals surface area (Å²) < 4.78 is 5.15. The van der Waals surface area contributed by atoms with Crippen molar-refractivity contribution in [1.29, 1.82) is 0 Å². The third kappa shape index (κ3) is 3.93. The zero-order chi connectivity index (χ0) is 15.4. The number of hydrogen-bond donors (Lipinski definition) is 3. The number of anilines is 3. The van der Waals surface area contributed by atoms with Crippen LogP contribution in [-0.4, -0.2) is 13.1 Å². The predicted molar refractivity (Wildman–Crippen MR) is 86.5 cm³/mol. The molecule has 0 fully saturated rings. The van der Waals surface area contributed by atoms with Crippen molar-refractivity contribution in [2.24, 2.45) is 0 Å². The van der Waals surface area contributed by atoms with E-state index in [1.54, 1.807) is 36.4 Å². The van der Waals surface area contributed by atoms with Crippen LogP contribution in [0.1, 0.15) is 0 Å². The van der Waals surface area contributed by atoms with Crippen molar-refractivity contribution < 1.29 is 9.53 Å². The normalized spacial score (nSPS) is 10.0. The largest absolute Gasteiger partial charge is 0.495 e. The molecule has 2 amide bonds. The fraction of sp³-hybridized carbons (Fsp3) is 0.0714. The van der Waals surface area contributed by atoms with Gasteiger partial charge >= 0.3 is 6.03 Å². The van der Waals surface area contributed by atoms with Gasteiger partial charge in [0.15, 0.2) is 0 Å². The first kappa shape index (κ1) is 15.3. The number of nitrogen functional groups attached to an aromatic ring is 1. The van der Waals surface area contributed by atoms with Crippen molar-refractivity contribution in [2.45, 2.75) is 0 Å². The van der Waals surface area contributed by atoms with Gasteiger partial charge in [0.2, 0.25) is 0 Å². The van der Waals surface area contributed by atoms with E-state index in [4.69, 9.17) is 33.7 Å². The highest BCUT2D eigenvalue weighted by atomic mass is 35.5. The molecule has 0 spiro atoms. The Morgan fingerprint density at radius 3 is 2.52 bits per heavy atom. The molecular formula is C14H13Cl2N3O2. The van der Waals surface area contributed by atoms with Crippen molar-refractivity contribution >= 4 is 46.3 Å². The molecule has 2 aromatic carbocycles. The molecule has 110 valence electrons. The monoisotopic (exact) mass is 325 g/mol. The highest BCUT2D eigenvalue weighted by Gasteiger charge is 2.10. The van der Waals surface area contributed by atoms with Gasteiger partial charge in [-0.3, -0.25) is 0 Å². The Bertz CT molecular complexity index is 677. The molecule has 0 aliphatic rings. The van der Waals surface area contributed by atoms with Crippen molar-refractivity contribution in [3.8, 4) is 5.75 Å². The van der Waals surface area contributed by atoms with Crippen molar-refractivity contribution in [3.05, 3.63) is 46.4 Å². The van der Waals surface area contributed by atoms with E-state index < -0.39 is 6.03 Å². The standard InChI is InChI=1S/C14H13Cl2N3O2/c1-21-13-5-3-9(17)7-12(13)19-14(20)18-11-6-8(15)2-4-10(11)16/h2-7H,17H2,1H3,(H2,18,19,20). The Morgan fingerprint density at radius 1 is 1.10 bits per heavy atom. The topological polar surface area (TPSA) is 76.4 Å². The molecule has 0 saturated carbocycles. The van der Waals surface area contributed by atoms with E-state index in [9.17, 15) is 4.79 Å². The number of rotatable bonds is 3. The Hall–Kier alpha value is -2.11. The molecule has 0 unspecified atom stereocenters. The Balaban J connectivity index is 2.15. The van der Waals surface area contributed by atoms with E-state index in [-0.39, 0.29) is 0 Å². The SMILES string of the molecule is COc1ccc(N)cc1NC(=O)Nc1cc(Cl)ccc1Cl. The molecule has 0 aromatic heterocycles. The van der Waals surface area contributed by atoms with Gasteiger partial charge in [-0.1, -0.05) is 23.2 Å². The van der Waals surface area contributed by atoms with Gasteiger partial charge in [0.1, 0.15) is 5.75 Å². The summed E-state index contributed by atoms with van der Waals surface area (Å²) in [6.45, 7) is 0. The van der Waals surface area contributed by atoms with Gasteiger partial charge < -0.3 is 21.1 Å². The summed E-state index contributed by atoms with van der Waals surface area (Å²) in [6, 6.07) is 9.24. The first-order valence-electron chi connectivity index (χ1n) is 5.96. The van der Waals surface area contributed by atoms with Gasteiger partial charge in [-0.2, -0.15) is 0 Å². The van der Waals surface area contributed by atoms with Crippen LogP contribution in [0.15, 0.2) is 36.4 Å². The smallest absolute Gasteiger partial charge is 0.323 e. The highest BCUT2D eigenvalue weighted by Crippen LogP contribution is 2.28. The van der Waals surface area contributed by atoms with E-state index in [1.807, 2.05) is 0 Å². The van der Waals surface area contributed by atoms with Crippen LogP contribution in [0.3, 0.4) is 0 Å². The number of nitrogens with two attached hydrogens (primary N) is 1. The number of carbonyl (C=O) groups is 1.